The van der Waals surface area contributed by atoms with E-state index in [1.807, 2.05) is 24.3 Å². The average Bonchev–Trinajstić information content (AvgIpc) is 2.74. The lowest BCUT2D eigenvalue weighted by molar-refractivity contribution is 0.0470. The number of nitrogens with zero attached hydrogens (tertiary/aromatic N) is 1. The number of hydrogen-bond donors (Lipinski definition) is 1. The smallest absolute Gasteiger partial charge is 0.166 e. The van der Waals surface area contributed by atoms with E-state index in [1.54, 1.807) is 0 Å². The molecule has 1 aromatic carbocycles. The lowest BCUT2D eigenvalue weighted by Crippen LogP contribution is -2.20. The maximum atomic E-state index is 5.59. The predicted molar refractivity (Wildman–Crippen MR) is 72.9 cm³/mol. The monoisotopic (exact) mass is 320 g/mol. The molecule has 0 aromatic heterocycles. The number of oxime groups is 1. The Labute approximate surface area is 115 Å². The van der Waals surface area contributed by atoms with Gasteiger partial charge >= 0.3 is 0 Å². The van der Waals surface area contributed by atoms with Gasteiger partial charge < -0.3 is 15.3 Å². The molecule has 0 spiro atoms. The van der Waals surface area contributed by atoms with Gasteiger partial charge in [0.1, 0.15) is 12.4 Å². The number of hydrogen-bond acceptors (Lipinski definition) is 4. The number of ether oxygens (including phenoxy) is 1. The molecule has 94 valence electrons. The fourth-order valence-electron chi connectivity index (χ4n) is 1.44. The Morgan fingerprint density at radius 2 is 2.35 bits per heavy atom. The van der Waals surface area contributed by atoms with E-state index in [1.165, 1.54) is 0 Å². The van der Waals surface area contributed by atoms with Gasteiger partial charge in [0.15, 0.2) is 6.10 Å². The third-order valence-electron chi connectivity index (χ3n) is 2.26. The van der Waals surface area contributed by atoms with Crippen LogP contribution >= 0.6 is 28.3 Å². The first-order chi connectivity index (χ1) is 7.78. The highest BCUT2D eigenvalue weighted by Gasteiger charge is 2.20. The van der Waals surface area contributed by atoms with Crippen LogP contribution in [-0.2, 0) is 4.84 Å². The van der Waals surface area contributed by atoms with Crippen molar-refractivity contribution >= 4 is 34.0 Å². The van der Waals surface area contributed by atoms with Crippen LogP contribution in [0.3, 0.4) is 0 Å². The fourth-order valence-corrected chi connectivity index (χ4v) is 1.82. The molecule has 1 aromatic rings. The summed E-state index contributed by atoms with van der Waals surface area (Å²) in [5.74, 6) is 0.819. The fraction of sp³-hybridized carbons (Fsp3) is 0.364. The Kier molecular flexibility index (Phi) is 5.74. The van der Waals surface area contributed by atoms with Crippen molar-refractivity contribution in [2.75, 3.05) is 13.2 Å². The van der Waals surface area contributed by atoms with Crippen molar-refractivity contribution in [2.24, 2.45) is 10.9 Å². The SMILES string of the molecule is Cl.NCC1=NOC(COc2cccc(Br)c2)C1. The third-order valence-corrected chi connectivity index (χ3v) is 2.76. The van der Waals surface area contributed by atoms with Crippen molar-refractivity contribution in [2.45, 2.75) is 12.5 Å². The first-order valence-corrected chi connectivity index (χ1v) is 5.87. The molecule has 2 rings (SSSR count). The highest BCUT2D eigenvalue weighted by molar-refractivity contribution is 9.10. The van der Waals surface area contributed by atoms with Gasteiger partial charge in [0.05, 0.1) is 5.71 Å². The minimum atomic E-state index is -0.0162. The molecule has 0 radical (unpaired) electrons. The van der Waals surface area contributed by atoms with Crippen LogP contribution in [0.2, 0.25) is 0 Å². The van der Waals surface area contributed by atoms with Gasteiger partial charge in [-0.25, -0.2) is 0 Å². The van der Waals surface area contributed by atoms with E-state index in [4.69, 9.17) is 15.3 Å². The molecular formula is C11H14BrClN2O2. The summed E-state index contributed by atoms with van der Waals surface area (Å²) in [5, 5.41) is 3.87. The van der Waals surface area contributed by atoms with Gasteiger partial charge in [-0.15, -0.1) is 12.4 Å². The van der Waals surface area contributed by atoms with Gasteiger partial charge in [-0.3, -0.25) is 0 Å². The van der Waals surface area contributed by atoms with Crippen molar-refractivity contribution in [3.8, 4) is 5.75 Å². The molecule has 0 amide bonds. The molecule has 0 fully saturated rings. The van der Waals surface area contributed by atoms with Crippen molar-refractivity contribution in [1.82, 2.24) is 0 Å². The number of nitrogens with two attached hydrogens (primary N) is 1. The van der Waals surface area contributed by atoms with Crippen LogP contribution in [0.15, 0.2) is 33.9 Å². The molecule has 0 aliphatic carbocycles. The molecule has 0 saturated carbocycles. The number of rotatable bonds is 4. The molecule has 1 atom stereocenters. The first-order valence-electron chi connectivity index (χ1n) is 5.08. The Balaban J connectivity index is 0.00000144. The molecular weight excluding hydrogens is 307 g/mol. The highest BCUT2D eigenvalue weighted by atomic mass is 79.9. The zero-order chi connectivity index (χ0) is 11.4. The van der Waals surface area contributed by atoms with Crippen LogP contribution in [0.1, 0.15) is 6.42 Å². The maximum absolute atomic E-state index is 5.59. The maximum Gasteiger partial charge on any atom is 0.166 e. The van der Waals surface area contributed by atoms with Crippen LogP contribution in [0, 0.1) is 0 Å². The van der Waals surface area contributed by atoms with E-state index in [9.17, 15) is 0 Å². The molecule has 0 saturated heterocycles. The molecule has 2 N–H and O–H groups in total. The predicted octanol–water partition coefficient (Wildman–Crippen LogP) is 2.35. The Morgan fingerprint density at radius 1 is 1.53 bits per heavy atom. The summed E-state index contributed by atoms with van der Waals surface area (Å²) in [6.45, 7) is 0.941. The summed E-state index contributed by atoms with van der Waals surface area (Å²) in [6, 6.07) is 7.70. The molecule has 6 heteroatoms. The zero-order valence-electron chi connectivity index (χ0n) is 9.14. The second kappa shape index (κ2) is 6.83. The van der Waals surface area contributed by atoms with Gasteiger partial charge in [0, 0.05) is 17.4 Å². The van der Waals surface area contributed by atoms with Crippen LogP contribution in [0.4, 0.5) is 0 Å². The summed E-state index contributed by atoms with van der Waals surface area (Å²) < 4.78 is 6.59. The highest BCUT2D eigenvalue weighted by Crippen LogP contribution is 2.19. The second-order valence-electron chi connectivity index (χ2n) is 3.56. The third kappa shape index (κ3) is 4.18. The summed E-state index contributed by atoms with van der Waals surface area (Å²) in [5.41, 5.74) is 6.36. The average molecular weight is 322 g/mol. The summed E-state index contributed by atoms with van der Waals surface area (Å²) in [7, 11) is 0. The summed E-state index contributed by atoms with van der Waals surface area (Å²) >= 11 is 3.39. The largest absolute Gasteiger partial charge is 0.490 e. The van der Waals surface area contributed by atoms with Crippen LogP contribution in [0.5, 0.6) is 5.75 Å². The first kappa shape index (κ1) is 14.3. The molecule has 1 aliphatic rings. The zero-order valence-corrected chi connectivity index (χ0v) is 11.5. The van der Waals surface area contributed by atoms with Gasteiger partial charge in [-0.1, -0.05) is 27.2 Å². The van der Waals surface area contributed by atoms with Gasteiger partial charge in [-0.05, 0) is 18.2 Å². The normalized spacial score (nSPS) is 18.0. The Hall–Kier alpha value is -0.780. The van der Waals surface area contributed by atoms with Gasteiger partial charge in [0.25, 0.3) is 0 Å². The van der Waals surface area contributed by atoms with Crippen molar-refractivity contribution < 1.29 is 9.57 Å². The van der Waals surface area contributed by atoms with Crippen LogP contribution < -0.4 is 10.5 Å². The Bertz CT molecular complexity index is 401. The molecule has 1 unspecified atom stereocenters. The van der Waals surface area contributed by atoms with Crippen molar-refractivity contribution in [1.29, 1.82) is 0 Å². The van der Waals surface area contributed by atoms with E-state index < -0.39 is 0 Å². The van der Waals surface area contributed by atoms with E-state index >= 15 is 0 Å². The van der Waals surface area contributed by atoms with Crippen molar-refractivity contribution in [3.05, 3.63) is 28.7 Å². The van der Waals surface area contributed by atoms with Gasteiger partial charge in [-0.2, -0.15) is 0 Å². The quantitative estimate of drug-likeness (QED) is 0.926. The standard InChI is InChI=1S/C11H13BrN2O2.ClH/c12-8-2-1-3-10(4-8)15-7-11-5-9(6-13)14-16-11;/h1-4,11H,5-7,13H2;1H. The molecule has 1 heterocycles. The summed E-state index contributed by atoms with van der Waals surface area (Å²) in [4.78, 5) is 5.18. The molecule has 4 nitrogen and oxygen atoms in total. The van der Waals surface area contributed by atoms with Crippen LogP contribution in [0.25, 0.3) is 0 Å². The van der Waals surface area contributed by atoms with E-state index in [2.05, 4.69) is 21.1 Å². The molecule has 17 heavy (non-hydrogen) atoms. The lowest BCUT2D eigenvalue weighted by Gasteiger charge is -2.10. The van der Waals surface area contributed by atoms with E-state index in [0.717, 1.165) is 22.4 Å². The molecule has 1 aliphatic heterocycles. The summed E-state index contributed by atoms with van der Waals surface area (Å²) in [6.07, 6.45) is 0.738. The minimum absolute atomic E-state index is 0. The Morgan fingerprint density at radius 3 is 3.00 bits per heavy atom. The topological polar surface area (TPSA) is 56.8 Å². The van der Waals surface area contributed by atoms with Crippen molar-refractivity contribution in [3.63, 3.8) is 0 Å². The van der Waals surface area contributed by atoms with Gasteiger partial charge in [0.2, 0.25) is 0 Å². The van der Waals surface area contributed by atoms with Crippen LogP contribution in [-0.4, -0.2) is 25.0 Å². The minimum Gasteiger partial charge on any atom is -0.490 e. The van der Waals surface area contributed by atoms with E-state index in [0.29, 0.717) is 13.2 Å². The lowest BCUT2D eigenvalue weighted by atomic mass is 10.2. The van der Waals surface area contributed by atoms with E-state index in [-0.39, 0.29) is 18.5 Å². The number of halogens is 2. The second-order valence-corrected chi connectivity index (χ2v) is 4.48. The molecule has 0 bridgehead atoms. The number of benzene rings is 1.